The van der Waals surface area contributed by atoms with Crippen LogP contribution in [0.5, 0.6) is 0 Å². The lowest BCUT2D eigenvalue weighted by Crippen LogP contribution is -2.16. The number of aldehydes is 1. The number of aromatic nitrogens is 1. The number of nitrogen functional groups attached to an aromatic ring is 1. The van der Waals surface area contributed by atoms with Gasteiger partial charge in [0.2, 0.25) is 0 Å². The molecule has 0 atom stereocenters. The first-order valence-electron chi connectivity index (χ1n) is 7.22. The van der Waals surface area contributed by atoms with Crippen LogP contribution in [0.25, 0.3) is 11.3 Å². The monoisotopic (exact) mass is 323 g/mol. The van der Waals surface area contributed by atoms with Crippen molar-refractivity contribution in [3.05, 3.63) is 65.0 Å². The molecule has 0 radical (unpaired) electrons. The molecule has 2 aromatic carbocycles. The summed E-state index contributed by atoms with van der Waals surface area (Å²) in [5, 5.41) is 3.00. The Hall–Kier alpha value is -2.66. The van der Waals surface area contributed by atoms with Crippen LogP contribution in [0, 0.1) is 0 Å². The molecule has 4 nitrogen and oxygen atoms in total. The Bertz CT molecular complexity index is 794. The van der Waals surface area contributed by atoms with Gasteiger partial charge >= 0.3 is 0 Å². The van der Waals surface area contributed by atoms with Gasteiger partial charge in [-0.2, -0.15) is 0 Å². The van der Waals surface area contributed by atoms with Gasteiger partial charge in [-0.3, -0.25) is 4.79 Å². The number of rotatable bonds is 5. The predicted molar refractivity (Wildman–Crippen MR) is 95.9 cm³/mol. The summed E-state index contributed by atoms with van der Waals surface area (Å²) < 4.78 is 0. The molecule has 0 saturated carbocycles. The van der Waals surface area contributed by atoms with Gasteiger partial charge in [0.05, 0.1) is 5.69 Å². The van der Waals surface area contributed by atoms with Crippen LogP contribution in [-0.2, 0) is 6.54 Å². The number of hydrogen-bond donors (Lipinski definition) is 1. The normalized spacial score (nSPS) is 10.5. The van der Waals surface area contributed by atoms with Crippen LogP contribution in [0.3, 0.4) is 0 Å². The van der Waals surface area contributed by atoms with Crippen molar-refractivity contribution in [2.24, 2.45) is 0 Å². The van der Waals surface area contributed by atoms with E-state index in [4.69, 9.17) is 5.73 Å². The van der Waals surface area contributed by atoms with Crippen LogP contribution >= 0.6 is 11.3 Å². The van der Waals surface area contributed by atoms with E-state index >= 15 is 0 Å². The number of thiazole rings is 1. The highest BCUT2D eigenvalue weighted by molar-refractivity contribution is 7.14. The SMILES string of the molecule is CN(Cc1ccc(C=O)cc1)c1nc(-c2ccc(N)cc2)cs1. The molecule has 0 aliphatic carbocycles. The lowest BCUT2D eigenvalue weighted by molar-refractivity contribution is 0.112. The Balaban J connectivity index is 1.73. The van der Waals surface area contributed by atoms with Crippen molar-refractivity contribution in [2.75, 3.05) is 17.7 Å². The molecule has 0 fully saturated rings. The molecular formula is C18H17N3OS. The topological polar surface area (TPSA) is 59.2 Å². The number of carbonyl (C=O) groups is 1. The fourth-order valence-corrected chi connectivity index (χ4v) is 3.07. The summed E-state index contributed by atoms with van der Waals surface area (Å²) in [6.45, 7) is 0.744. The molecule has 0 unspecified atom stereocenters. The zero-order valence-electron chi connectivity index (χ0n) is 12.8. The number of nitrogens with two attached hydrogens (primary N) is 1. The van der Waals surface area contributed by atoms with E-state index < -0.39 is 0 Å². The van der Waals surface area contributed by atoms with Gasteiger partial charge in [0.25, 0.3) is 0 Å². The maximum Gasteiger partial charge on any atom is 0.185 e. The molecule has 3 aromatic rings. The van der Waals surface area contributed by atoms with Crippen LogP contribution in [0.2, 0.25) is 0 Å². The van der Waals surface area contributed by atoms with Crippen LogP contribution in [-0.4, -0.2) is 18.3 Å². The third kappa shape index (κ3) is 3.57. The van der Waals surface area contributed by atoms with E-state index in [9.17, 15) is 4.79 Å². The van der Waals surface area contributed by atoms with Crippen LogP contribution < -0.4 is 10.6 Å². The third-order valence-corrected chi connectivity index (χ3v) is 4.52. The molecule has 1 aromatic heterocycles. The van der Waals surface area contributed by atoms with Gasteiger partial charge in [-0.05, 0) is 17.7 Å². The van der Waals surface area contributed by atoms with Crippen molar-refractivity contribution in [1.82, 2.24) is 4.98 Å². The summed E-state index contributed by atoms with van der Waals surface area (Å²) in [7, 11) is 2.01. The standard InChI is InChI=1S/C18H17N3OS/c1-21(10-13-2-4-14(11-22)5-3-13)18-20-17(12-23-18)15-6-8-16(19)9-7-15/h2-9,11-12H,10,19H2,1H3. The second kappa shape index (κ2) is 6.62. The average Bonchev–Trinajstić information content (AvgIpc) is 3.06. The first-order chi connectivity index (χ1) is 11.2. The Morgan fingerprint density at radius 1 is 1.13 bits per heavy atom. The number of anilines is 2. The Morgan fingerprint density at radius 2 is 1.83 bits per heavy atom. The molecular weight excluding hydrogens is 306 g/mol. The molecule has 116 valence electrons. The minimum atomic E-state index is 0.691. The van der Waals surface area contributed by atoms with E-state index in [2.05, 4.69) is 9.88 Å². The van der Waals surface area contributed by atoms with Gasteiger partial charge in [0.1, 0.15) is 6.29 Å². The van der Waals surface area contributed by atoms with Crippen molar-refractivity contribution in [2.45, 2.75) is 6.54 Å². The maximum atomic E-state index is 10.7. The van der Waals surface area contributed by atoms with Crippen LogP contribution in [0.15, 0.2) is 53.9 Å². The first kappa shape index (κ1) is 15.2. The fraction of sp³-hybridized carbons (Fsp3) is 0.111. The van der Waals surface area contributed by atoms with E-state index in [1.807, 2.05) is 61.0 Å². The largest absolute Gasteiger partial charge is 0.399 e. The van der Waals surface area contributed by atoms with Crippen molar-refractivity contribution in [1.29, 1.82) is 0 Å². The predicted octanol–water partition coefficient (Wildman–Crippen LogP) is 3.84. The second-order valence-electron chi connectivity index (χ2n) is 5.35. The smallest absolute Gasteiger partial charge is 0.185 e. The lowest BCUT2D eigenvalue weighted by atomic mass is 10.1. The van der Waals surface area contributed by atoms with E-state index in [0.29, 0.717) is 5.56 Å². The summed E-state index contributed by atoms with van der Waals surface area (Å²) in [4.78, 5) is 17.5. The zero-order chi connectivity index (χ0) is 16.2. The summed E-state index contributed by atoms with van der Waals surface area (Å²) in [6.07, 6.45) is 0.854. The molecule has 0 aliphatic rings. The van der Waals surface area contributed by atoms with Gasteiger partial charge in [0.15, 0.2) is 5.13 Å². The molecule has 3 rings (SSSR count). The van der Waals surface area contributed by atoms with Gasteiger partial charge in [-0.25, -0.2) is 4.98 Å². The van der Waals surface area contributed by atoms with Crippen LogP contribution in [0.1, 0.15) is 15.9 Å². The first-order valence-corrected chi connectivity index (χ1v) is 8.10. The molecule has 1 heterocycles. The molecule has 2 N–H and O–H groups in total. The Morgan fingerprint density at radius 3 is 2.48 bits per heavy atom. The van der Waals surface area contributed by atoms with E-state index in [0.717, 1.165) is 40.5 Å². The number of benzene rings is 2. The van der Waals surface area contributed by atoms with Crippen molar-refractivity contribution in [3.63, 3.8) is 0 Å². The molecule has 0 spiro atoms. The quantitative estimate of drug-likeness (QED) is 0.572. The highest BCUT2D eigenvalue weighted by Gasteiger charge is 2.09. The van der Waals surface area contributed by atoms with Gasteiger partial charge in [0, 0.05) is 35.8 Å². The molecule has 5 heteroatoms. The van der Waals surface area contributed by atoms with Crippen molar-refractivity contribution < 1.29 is 4.79 Å². The van der Waals surface area contributed by atoms with E-state index in [1.54, 1.807) is 11.3 Å². The summed E-state index contributed by atoms with van der Waals surface area (Å²) in [6, 6.07) is 15.3. The van der Waals surface area contributed by atoms with E-state index in [1.165, 1.54) is 0 Å². The maximum absolute atomic E-state index is 10.7. The molecule has 0 saturated heterocycles. The molecule has 0 amide bonds. The fourth-order valence-electron chi connectivity index (χ4n) is 2.27. The number of nitrogens with zero attached hydrogens (tertiary/aromatic N) is 2. The zero-order valence-corrected chi connectivity index (χ0v) is 13.6. The minimum absolute atomic E-state index is 0.691. The van der Waals surface area contributed by atoms with Gasteiger partial charge in [-0.15, -0.1) is 11.3 Å². The average molecular weight is 323 g/mol. The highest BCUT2D eigenvalue weighted by Crippen LogP contribution is 2.28. The highest BCUT2D eigenvalue weighted by atomic mass is 32.1. The second-order valence-corrected chi connectivity index (χ2v) is 6.19. The van der Waals surface area contributed by atoms with Gasteiger partial charge < -0.3 is 10.6 Å². The minimum Gasteiger partial charge on any atom is -0.399 e. The number of carbonyl (C=O) groups excluding carboxylic acids is 1. The van der Waals surface area contributed by atoms with Gasteiger partial charge in [-0.1, -0.05) is 36.4 Å². The molecule has 23 heavy (non-hydrogen) atoms. The van der Waals surface area contributed by atoms with Crippen LogP contribution in [0.4, 0.5) is 10.8 Å². The Labute approximate surface area is 139 Å². The molecule has 0 aliphatic heterocycles. The summed E-state index contributed by atoms with van der Waals surface area (Å²) in [5.74, 6) is 0. The summed E-state index contributed by atoms with van der Waals surface area (Å²) >= 11 is 1.61. The number of hydrogen-bond acceptors (Lipinski definition) is 5. The van der Waals surface area contributed by atoms with Crippen molar-refractivity contribution >= 4 is 28.4 Å². The Kier molecular flexibility index (Phi) is 4.39. The molecule has 0 bridgehead atoms. The summed E-state index contributed by atoms with van der Waals surface area (Å²) in [5.41, 5.74) is 10.3. The van der Waals surface area contributed by atoms with E-state index in [-0.39, 0.29) is 0 Å². The lowest BCUT2D eigenvalue weighted by Gasteiger charge is -2.15. The third-order valence-electron chi connectivity index (χ3n) is 3.56. The van der Waals surface area contributed by atoms with Crippen molar-refractivity contribution in [3.8, 4) is 11.3 Å².